The highest BCUT2D eigenvalue weighted by molar-refractivity contribution is 5.46. The molecule has 94 valence electrons. The van der Waals surface area contributed by atoms with E-state index in [1.807, 2.05) is 18.2 Å². The molecule has 2 rings (SSSR count). The van der Waals surface area contributed by atoms with E-state index in [0.717, 1.165) is 44.7 Å². The van der Waals surface area contributed by atoms with Crippen LogP contribution in [0.1, 0.15) is 25.3 Å². The second-order valence-electron chi connectivity index (χ2n) is 5.09. The van der Waals surface area contributed by atoms with Crippen molar-refractivity contribution in [2.75, 3.05) is 25.5 Å². The molecule has 1 unspecified atom stereocenters. The predicted octanol–water partition coefficient (Wildman–Crippen LogP) is 1.97. The normalized spacial score (nSPS) is 24.1. The van der Waals surface area contributed by atoms with E-state index in [1.165, 1.54) is 5.56 Å². The summed E-state index contributed by atoms with van der Waals surface area (Å²) < 4.78 is 5.41. The Labute approximate surface area is 103 Å². The van der Waals surface area contributed by atoms with E-state index in [9.17, 15) is 0 Å². The largest absolute Gasteiger partial charge is 0.399 e. The predicted molar refractivity (Wildman–Crippen MR) is 71.0 cm³/mol. The second-order valence-corrected chi connectivity index (χ2v) is 5.09. The number of rotatable bonds is 5. The second kappa shape index (κ2) is 5.52. The minimum absolute atomic E-state index is 0.183. The Morgan fingerprint density at radius 2 is 2.24 bits per heavy atom. The van der Waals surface area contributed by atoms with Crippen LogP contribution < -0.4 is 11.1 Å². The minimum atomic E-state index is 0.183. The van der Waals surface area contributed by atoms with Crippen LogP contribution in [0.4, 0.5) is 5.69 Å². The number of para-hydroxylation sites is 1. The molecule has 0 aromatic heterocycles. The molecule has 0 radical (unpaired) electrons. The van der Waals surface area contributed by atoms with Gasteiger partial charge in [-0.15, -0.1) is 0 Å². The van der Waals surface area contributed by atoms with Crippen molar-refractivity contribution in [3.05, 3.63) is 29.8 Å². The molecule has 3 heteroatoms. The fourth-order valence-corrected chi connectivity index (χ4v) is 2.24. The molecule has 0 bridgehead atoms. The van der Waals surface area contributed by atoms with Crippen LogP contribution in [0, 0.1) is 0 Å². The number of nitrogen functional groups attached to an aromatic ring is 1. The van der Waals surface area contributed by atoms with Gasteiger partial charge in [0.25, 0.3) is 0 Å². The zero-order valence-corrected chi connectivity index (χ0v) is 10.5. The monoisotopic (exact) mass is 234 g/mol. The van der Waals surface area contributed by atoms with Gasteiger partial charge in [0.05, 0.1) is 6.61 Å². The van der Waals surface area contributed by atoms with E-state index in [-0.39, 0.29) is 5.54 Å². The van der Waals surface area contributed by atoms with Crippen molar-refractivity contribution in [2.24, 2.45) is 0 Å². The summed E-state index contributed by atoms with van der Waals surface area (Å²) in [4.78, 5) is 0. The van der Waals surface area contributed by atoms with Crippen LogP contribution in [-0.2, 0) is 11.2 Å². The highest BCUT2D eigenvalue weighted by Gasteiger charge is 2.28. The Morgan fingerprint density at radius 3 is 2.94 bits per heavy atom. The van der Waals surface area contributed by atoms with Crippen LogP contribution in [0.5, 0.6) is 0 Å². The molecular formula is C14H22N2O. The van der Waals surface area contributed by atoms with E-state index in [4.69, 9.17) is 10.5 Å². The van der Waals surface area contributed by atoms with Gasteiger partial charge < -0.3 is 15.8 Å². The first-order chi connectivity index (χ1) is 8.20. The van der Waals surface area contributed by atoms with Gasteiger partial charge in [-0.3, -0.25) is 0 Å². The van der Waals surface area contributed by atoms with E-state index >= 15 is 0 Å². The smallest absolute Gasteiger partial charge is 0.0646 e. The SMILES string of the molecule is CC1(NCCCc2ccccc2N)CCOC1. The van der Waals surface area contributed by atoms with Crippen molar-refractivity contribution in [1.82, 2.24) is 5.32 Å². The summed E-state index contributed by atoms with van der Waals surface area (Å²) in [6.45, 7) is 4.97. The fourth-order valence-electron chi connectivity index (χ4n) is 2.24. The topological polar surface area (TPSA) is 47.3 Å². The average Bonchev–Trinajstić information content (AvgIpc) is 2.74. The van der Waals surface area contributed by atoms with Gasteiger partial charge in [-0.25, -0.2) is 0 Å². The van der Waals surface area contributed by atoms with Crippen molar-refractivity contribution in [3.8, 4) is 0 Å². The molecule has 0 spiro atoms. The first kappa shape index (κ1) is 12.4. The maximum absolute atomic E-state index is 5.91. The summed E-state index contributed by atoms with van der Waals surface area (Å²) in [5.41, 5.74) is 8.25. The Kier molecular flexibility index (Phi) is 4.02. The van der Waals surface area contributed by atoms with Crippen LogP contribution in [0.15, 0.2) is 24.3 Å². The summed E-state index contributed by atoms with van der Waals surface area (Å²) in [5.74, 6) is 0. The number of aryl methyl sites for hydroxylation is 1. The third-order valence-corrected chi connectivity index (χ3v) is 3.45. The summed E-state index contributed by atoms with van der Waals surface area (Å²) in [6.07, 6.45) is 3.26. The van der Waals surface area contributed by atoms with Crippen LogP contribution in [0.25, 0.3) is 0 Å². The molecule has 0 aliphatic carbocycles. The Balaban J connectivity index is 1.71. The van der Waals surface area contributed by atoms with Gasteiger partial charge in [-0.1, -0.05) is 18.2 Å². The molecular weight excluding hydrogens is 212 g/mol. The third-order valence-electron chi connectivity index (χ3n) is 3.45. The van der Waals surface area contributed by atoms with Crippen molar-refractivity contribution in [2.45, 2.75) is 31.7 Å². The lowest BCUT2D eigenvalue weighted by Gasteiger charge is -2.23. The van der Waals surface area contributed by atoms with Gasteiger partial charge in [0.1, 0.15) is 0 Å². The van der Waals surface area contributed by atoms with Gasteiger partial charge in [0.15, 0.2) is 0 Å². The molecule has 1 fully saturated rings. The van der Waals surface area contributed by atoms with Crippen LogP contribution in [0.2, 0.25) is 0 Å². The number of nitrogens with one attached hydrogen (secondary N) is 1. The molecule has 1 saturated heterocycles. The van der Waals surface area contributed by atoms with Crippen molar-refractivity contribution in [1.29, 1.82) is 0 Å². The van der Waals surface area contributed by atoms with Crippen LogP contribution in [-0.4, -0.2) is 25.3 Å². The first-order valence-electron chi connectivity index (χ1n) is 6.36. The van der Waals surface area contributed by atoms with Gasteiger partial charge >= 0.3 is 0 Å². The standard InChI is InChI=1S/C14H22N2O/c1-14(8-10-17-11-14)16-9-4-6-12-5-2-3-7-13(12)15/h2-3,5,7,16H,4,6,8-11,15H2,1H3. The molecule has 3 nitrogen and oxygen atoms in total. The summed E-state index contributed by atoms with van der Waals surface area (Å²) in [5, 5.41) is 3.58. The summed E-state index contributed by atoms with van der Waals surface area (Å²) >= 11 is 0. The molecule has 1 aromatic carbocycles. The number of ether oxygens (including phenoxy) is 1. The van der Waals surface area contributed by atoms with Crippen LogP contribution >= 0.6 is 0 Å². The minimum Gasteiger partial charge on any atom is -0.399 e. The molecule has 0 amide bonds. The lowest BCUT2D eigenvalue weighted by Crippen LogP contribution is -2.43. The fraction of sp³-hybridized carbons (Fsp3) is 0.571. The van der Waals surface area contributed by atoms with Gasteiger partial charge in [0, 0.05) is 17.8 Å². The average molecular weight is 234 g/mol. The van der Waals surface area contributed by atoms with E-state index < -0.39 is 0 Å². The molecule has 17 heavy (non-hydrogen) atoms. The molecule has 1 atom stereocenters. The van der Waals surface area contributed by atoms with E-state index in [0.29, 0.717) is 0 Å². The number of nitrogens with two attached hydrogens (primary N) is 1. The molecule has 1 aliphatic heterocycles. The summed E-state index contributed by atoms with van der Waals surface area (Å²) in [6, 6.07) is 8.10. The third kappa shape index (κ3) is 3.45. The van der Waals surface area contributed by atoms with Gasteiger partial charge in [-0.2, -0.15) is 0 Å². The highest BCUT2D eigenvalue weighted by Crippen LogP contribution is 2.17. The van der Waals surface area contributed by atoms with Crippen molar-refractivity contribution >= 4 is 5.69 Å². The zero-order chi connectivity index (χ0) is 12.1. The molecule has 0 saturated carbocycles. The van der Waals surface area contributed by atoms with Gasteiger partial charge in [0.2, 0.25) is 0 Å². The molecule has 1 heterocycles. The van der Waals surface area contributed by atoms with E-state index in [2.05, 4.69) is 18.3 Å². The highest BCUT2D eigenvalue weighted by atomic mass is 16.5. The molecule has 1 aromatic rings. The molecule has 3 N–H and O–H groups in total. The van der Waals surface area contributed by atoms with Gasteiger partial charge in [-0.05, 0) is 44.4 Å². The number of benzene rings is 1. The lowest BCUT2D eigenvalue weighted by atomic mass is 10.0. The van der Waals surface area contributed by atoms with E-state index in [1.54, 1.807) is 0 Å². The first-order valence-corrected chi connectivity index (χ1v) is 6.36. The number of anilines is 1. The Hall–Kier alpha value is -1.06. The van der Waals surface area contributed by atoms with Crippen molar-refractivity contribution in [3.63, 3.8) is 0 Å². The maximum Gasteiger partial charge on any atom is 0.0646 e. The maximum atomic E-state index is 5.91. The quantitative estimate of drug-likeness (QED) is 0.605. The number of hydrogen-bond acceptors (Lipinski definition) is 3. The Morgan fingerprint density at radius 1 is 1.41 bits per heavy atom. The Bertz CT molecular complexity index is 359. The lowest BCUT2D eigenvalue weighted by molar-refractivity contribution is 0.171. The molecule has 1 aliphatic rings. The summed E-state index contributed by atoms with van der Waals surface area (Å²) in [7, 11) is 0. The zero-order valence-electron chi connectivity index (χ0n) is 10.5. The number of hydrogen-bond donors (Lipinski definition) is 2. The van der Waals surface area contributed by atoms with Crippen molar-refractivity contribution < 1.29 is 4.74 Å². The van der Waals surface area contributed by atoms with Crippen LogP contribution in [0.3, 0.4) is 0 Å².